The topological polar surface area (TPSA) is 56.7 Å². The third-order valence-corrected chi connectivity index (χ3v) is 3.58. The van der Waals surface area contributed by atoms with Gasteiger partial charge in [-0.3, -0.25) is 9.67 Å². The highest BCUT2D eigenvalue weighted by Gasteiger charge is 2.14. The van der Waals surface area contributed by atoms with Gasteiger partial charge in [-0.15, -0.1) is 0 Å². The predicted molar refractivity (Wildman–Crippen MR) is 81.6 cm³/mol. The highest BCUT2D eigenvalue weighted by molar-refractivity contribution is 6.33. The molecule has 3 aromatic rings. The highest BCUT2D eigenvalue weighted by atomic mass is 35.5. The normalized spacial score (nSPS) is 11.1. The maximum Gasteiger partial charge on any atom is 0.103 e. The van der Waals surface area contributed by atoms with E-state index in [9.17, 15) is 0 Å². The van der Waals surface area contributed by atoms with E-state index in [2.05, 4.69) is 4.98 Å². The number of hydrogen-bond donors (Lipinski definition) is 1. The molecule has 20 heavy (non-hydrogen) atoms. The second-order valence-corrected chi connectivity index (χ2v) is 4.99. The number of halogens is 1. The van der Waals surface area contributed by atoms with Gasteiger partial charge < -0.3 is 5.73 Å². The van der Waals surface area contributed by atoms with Crippen molar-refractivity contribution >= 4 is 22.5 Å². The van der Waals surface area contributed by atoms with Gasteiger partial charge in [-0.1, -0.05) is 29.8 Å². The maximum absolute atomic E-state index is 6.28. The van der Waals surface area contributed by atoms with Crippen molar-refractivity contribution in [3.8, 4) is 11.3 Å². The molecule has 0 bridgehead atoms. The van der Waals surface area contributed by atoms with E-state index >= 15 is 0 Å². The van der Waals surface area contributed by atoms with E-state index < -0.39 is 0 Å². The van der Waals surface area contributed by atoms with Gasteiger partial charge in [0.2, 0.25) is 0 Å². The quantitative estimate of drug-likeness (QED) is 0.802. The van der Waals surface area contributed by atoms with Gasteiger partial charge in [0.15, 0.2) is 0 Å². The molecule has 4 nitrogen and oxygen atoms in total. The van der Waals surface area contributed by atoms with Crippen LogP contribution in [0.4, 0.5) is 0 Å². The predicted octanol–water partition coefficient (Wildman–Crippen LogP) is 3.10. The van der Waals surface area contributed by atoms with Gasteiger partial charge in [0.05, 0.1) is 10.5 Å². The molecule has 0 spiro atoms. The molecule has 3 rings (SSSR count). The Bertz CT molecular complexity index is 736. The summed E-state index contributed by atoms with van der Waals surface area (Å²) >= 11 is 6.28. The standard InChI is InChI=1S/C15H15ClN4/c16-13-5-2-1-4-11(13)15-12-10-18-8-6-14(12)20(19-15)9-3-7-17/h1-2,4-6,8,10H,3,7,9,17H2. The van der Waals surface area contributed by atoms with Crippen LogP contribution < -0.4 is 5.73 Å². The summed E-state index contributed by atoms with van der Waals surface area (Å²) in [5.41, 5.74) is 8.45. The first-order valence-corrected chi connectivity index (χ1v) is 6.94. The largest absolute Gasteiger partial charge is 0.330 e. The van der Waals surface area contributed by atoms with Crippen LogP contribution in [0, 0.1) is 0 Å². The molecule has 0 aliphatic heterocycles. The van der Waals surface area contributed by atoms with Crippen molar-refractivity contribution in [2.24, 2.45) is 5.73 Å². The first-order valence-electron chi connectivity index (χ1n) is 6.57. The maximum atomic E-state index is 6.28. The minimum absolute atomic E-state index is 0.647. The van der Waals surface area contributed by atoms with E-state index in [1.807, 2.05) is 41.2 Å². The third kappa shape index (κ3) is 2.28. The van der Waals surface area contributed by atoms with Gasteiger partial charge in [-0.25, -0.2) is 0 Å². The Hall–Kier alpha value is -1.91. The van der Waals surface area contributed by atoms with E-state index in [0.29, 0.717) is 11.6 Å². The number of aromatic nitrogens is 3. The van der Waals surface area contributed by atoms with Gasteiger partial charge in [0.1, 0.15) is 5.69 Å². The Balaban J connectivity index is 2.19. The van der Waals surface area contributed by atoms with Crippen molar-refractivity contribution in [1.82, 2.24) is 14.8 Å². The minimum atomic E-state index is 0.647. The third-order valence-electron chi connectivity index (χ3n) is 3.25. The van der Waals surface area contributed by atoms with Crippen molar-refractivity contribution in [3.63, 3.8) is 0 Å². The van der Waals surface area contributed by atoms with Crippen LogP contribution >= 0.6 is 11.6 Å². The molecule has 0 aliphatic carbocycles. The molecular weight excluding hydrogens is 272 g/mol. The fraction of sp³-hybridized carbons (Fsp3) is 0.200. The Morgan fingerprint density at radius 3 is 2.85 bits per heavy atom. The lowest BCUT2D eigenvalue weighted by molar-refractivity contribution is 0.604. The molecule has 102 valence electrons. The molecular formula is C15H15ClN4. The van der Waals surface area contributed by atoms with Crippen molar-refractivity contribution in [2.45, 2.75) is 13.0 Å². The molecule has 0 amide bonds. The van der Waals surface area contributed by atoms with Crippen molar-refractivity contribution in [3.05, 3.63) is 47.7 Å². The summed E-state index contributed by atoms with van der Waals surface area (Å²) < 4.78 is 1.97. The van der Waals surface area contributed by atoms with Crippen LogP contribution in [-0.2, 0) is 6.54 Å². The molecule has 2 heterocycles. The Labute approximate surface area is 122 Å². The molecule has 0 aliphatic rings. The summed E-state index contributed by atoms with van der Waals surface area (Å²) in [6.07, 6.45) is 4.50. The number of aryl methyl sites for hydroxylation is 1. The molecule has 0 saturated heterocycles. The lowest BCUT2D eigenvalue weighted by atomic mass is 10.1. The summed E-state index contributed by atoms with van der Waals surface area (Å²) in [6.45, 7) is 1.44. The zero-order valence-electron chi connectivity index (χ0n) is 11.0. The van der Waals surface area contributed by atoms with Crippen LogP contribution in [0.2, 0.25) is 5.02 Å². The number of nitrogens with two attached hydrogens (primary N) is 1. The van der Waals surface area contributed by atoms with Crippen LogP contribution in [0.15, 0.2) is 42.7 Å². The molecule has 0 saturated carbocycles. The second kappa shape index (κ2) is 5.61. The molecule has 0 unspecified atom stereocenters. The summed E-state index contributed by atoms with van der Waals surface area (Å²) in [5.74, 6) is 0. The molecule has 0 radical (unpaired) electrons. The number of fused-ring (bicyclic) bond motifs is 1. The van der Waals surface area contributed by atoms with E-state index in [4.69, 9.17) is 22.4 Å². The number of benzene rings is 1. The van der Waals surface area contributed by atoms with Crippen molar-refractivity contribution in [2.75, 3.05) is 6.54 Å². The molecule has 2 aromatic heterocycles. The lowest BCUT2D eigenvalue weighted by Gasteiger charge is -2.01. The molecule has 0 fully saturated rings. The molecule has 2 N–H and O–H groups in total. The highest BCUT2D eigenvalue weighted by Crippen LogP contribution is 2.32. The van der Waals surface area contributed by atoms with Crippen molar-refractivity contribution in [1.29, 1.82) is 0 Å². The van der Waals surface area contributed by atoms with Crippen LogP contribution in [0.1, 0.15) is 6.42 Å². The van der Waals surface area contributed by atoms with E-state index in [-0.39, 0.29) is 0 Å². The Morgan fingerprint density at radius 2 is 2.05 bits per heavy atom. The smallest absolute Gasteiger partial charge is 0.103 e. The zero-order valence-corrected chi connectivity index (χ0v) is 11.7. The average molecular weight is 287 g/mol. The molecule has 5 heteroatoms. The summed E-state index contributed by atoms with van der Waals surface area (Å²) in [5, 5.41) is 6.40. The summed E-state index contributed by atoms with van der Waals surface area (Å²) in [6, 6.07) is 9.70. The molecule has 1 aromatic carbocycles. The molecule has 0 atom stereocenters. The van der Waals surface area contributed by atoms with E-state index in [0.717, 1.165) is 35.1 Å². The number of rotatable bonds is 4. The minimum Gasteiger partial charge on any atom is -0.330 e. The van der Waals surface area contributed by atoms with Gasteiger partial charge in [-0.05, 0) is 25.1 Å². The van der Waals surface area contributed by atoms with Gasteiger partial charge in [0, 0.05) is 29.9 Å². The van der Waals surface area contributed by atoms with Gasteiger partial charge in [0.25, 0.3) is 0 Å². The second-order valence-electron chi connectivity index (χ2n) is 4.59. The van der Waals surface area contributed by atoms with Crippen LogP contribution in [-0.4, -0.2) is 21.3 Å². The first kappa shape index (κ1) is 13.1. The Kier molecular flexibility index (Phi) is 3.67. The van der Waals surface area contributed by atoms with Crippen molar-refractivity contribution < 1.29 is 0 Å². The Morgan fingerprint density at radius 1 is 1.20 bits per heavy atom. The van der Waals surface area contributed by atoms with Crippen LogP contribution in [0.25, 0.3) is 22.2 Å². The fourth-order valence-electron chi connectivity index (χ4n) is 2.29. The monoisotopic (exact) mass is 286 g/mol. The summed E-state index contributed by atoms with van der Waals surface area (Å²) in [4.78, 5) is 4.20. The summed E-state index contributed by atoms with van der Waals surface area (Å²) in [7, 11) is 0. The fourth-order valence-corrected chi connectivity index (χ4v) is 2.51. The van der Waals surface area contributed by atoms with Gasteiger partial charge >= 0.3 is 0 Å². The SMILES string of the molecule is NCCCn1nc(-c2ccccc2Cl)c2cnccc21. The van der Waals surface area contributed by atoms with E-state index in [1.54, 1.807) is 6.20 Å². The number of pyridine rings is 1. The number of hydrogen-bond acceptors (Lipinski definition) is 3. The van der Waals surface area contributed by atoms with E-state index in [1.165, 1.54) is 0 Å². The van der Waals surface area contributed by atoms with Gasteiger partial charge in [-0.2, -0.15) is 5.10 Å². The lowest BCUT2D eigenvalue weighted by Crippen LogP contribution is -2.06. The van der Waals surface area contributed by atoms with Crippen LogP contribution in [0.3, 0.4) is 0 Å². The average Bonchev–Trinajstić information content (AvgIpc) is 2.84. The number of nitrogens with zero attached hydrogens (tertiary/aromatic N) is 3. The first-order chi connectivity index (χ1) is 9.81. The van der Waals surface area contributed by atoms with Crippen LogP contribution in [0.5, 0.6) is 0 Å². The zero-order chi connectivity index (χ0) is 13.9.